The Labute approximate surface area is 165 Å². The van der Waals surface area contributed by atoms with Gasteiger partial charge >= 0.3 is 0 Å². The molecule has 2 heterocycles. The molecule has 0 radical (unpaired) electrons. The number of furan rings is 1. The zero-order valence-corrected chi connectivity index (χ0v) is 17.0. The number of hydrogen-bond donors (Lipinski definition) is 1. The van der Waals surface area contributed by atoms with Crippen molar-refractivity contribution in [1.82, 2.24) is 4.90 Å². The quantitative estimate of drug-likeness (QED) is 0.714. The molecule has 0 saturated carbocycles. The predicted molar refractivity (Wildman–Crippen MR) is 104 cm³/mol. The van der Waals surface area contributed by atoms with Crippen molar-refractivity contribution >= 4 is 49.0 Å². The van der Waals surface area contributed by atoms with E-state index in [-0.39, 0.29) is 30.0 Å². The van der Waals surface area contributed by atoms with Gasteiger partial charge in [-0.15, -0.1) is 0 Å². The van der Waals surface area contributed by atoms with Crippen LogP contribution in [0.3, 0.4) is 0 Å². The molecule has 1 aliphatic heterocycles. The largest absolute Gasteiger partial charge is 0.468 e. The Morgan fingerprint density at radius 3 is 2.81 bits per heavy atom. The van der Waals surface area contributed by atoms with Crippen molar-refractivity contribution in [2.75, 3.05) is 23.4 Å². The highest BCUT2D eigenvalue weighted by Gasteiger charge is 2.33. The highest BCUT2D eigenvalue weighted by molar-refractivity contribution is 9.10. The van der Waals surface area contributed by atoms with Gasteiger partial charge in [0.15, 0.2) is 9.84 Å². The summed E-state index contributed by atoms with van der Waals surface area (Å²) in [4.78, 5) is 14.3. The number of amides is 1. The Kier molecular flexibility index (Phi) is 6.06. The maximum absolute atomic E-state index is 12.5. The summed E-state index contributed by atoms with van der Waals surface area (Å²) in [7, 11) is -3.06. The molecule has 2 aromatic rings. The Morgan fingerprint density at radius 2 is 2.19 bits per heavy atom. The van der Waals surface area contributed by atoms with Gasteiger partial charge in [0.2, 0.25) is 5.91 Å². The lowest BCUT2D eigenvalue weighted by atomic mass is 10.2. The van der Waals surface area contributed by atoms with Gasteiger partial charge in [-0.05, 0) is 36.8 Å². The topological polar surface area (TPSA) is 79.6 Å². The van der Waals surface area contributed by atoms with Crippen molar-refractivity contribution in [1.29, 1.82) is 0 Å². The summed E-state index contributed by atoms with van der Waals surface area (Å²) < 4.78 is 29.8. The molecule has 1 aliphatic rings. The molecule has 0 bridgehead atoms. The Hall–Kier alpha value is -1.35. The number of anilines is 1. The highest BCUT2D eigenvalue weighted by atomic mass is 79.9. The molecule has 140 valence electrons. The van der Waals surface area contributed by atoms with E-state index < -0.39 is 9.84 Å². The van der Waals surface area contributed by atoms with E-state index in [1.807, 2.05) is 4.90 Å². The minimum absolute atomic E-state index is 0.0489. The summed E-state index contributed by atoms with van der Waals surface area (Å²) in [5, 5.41) is 3.20. The molecule has 1 aromatic heterocycles. The summed E-state index contributed by atoms with van der Waals surface area (Å²) in [5.41, 5.74) is 0.511. The predicted octanol–water partition coefficient (Wildman–Crippen LogP) is 3.32. The van der Waals surface area contributed by atoms with E-state index in [9.17, 15) is 13.2 Å². The van der Waals surface area contributed by atoms with Crippen LogP contribution in [0.5, 0.6) is 0 Å². The first-order chi connectivity index (χ1) is 12.3. The maximum atomic E-state index is 12.5. The fraction of sp³-hybridized carbons (Fsp3) is 0.353. The van der Waals surface area contributed by atoms with Crippen molar-refractivity contribution in [3.63, 3.8) is 0 Å². The number of carbonyl (C=O) groups is 1. The number of sulfone groups is 1. The molecular formula is C17H18BrClN2O4S. The zero-order chi connectivity index (χ0) is 18.7. The van der Waals surface area contributed by atoms with Crippen LogP contribution in [0.15, 0.2) is 45.5 Å². The lowest BCUT2D eigenvalue weighted by molar-refractivity contribution is -0.118. The van der Waals surface area contributed by atoms with Crippen LogP contribution in [0, 0.1) is 0 Å². The van der Waals surface area contributed by atoms with E-state index in [1.165, 1.54) is 0 Å². The van der Waals surface area contributed by atoms with Crippen LogP contribution >= 0.6 is 27.5 Å². The number of carbonyl (C=O) groups excluding carboxylic acids is 1. The molecule has 1 fully saturated rings. The third-order valence-electron chi connectivity index (χ3n) is 4.22. The molecule has 1 amide bonds. The molecule has 1 atom stereocenters. The fourth-order valence-electron chi connectivity index (χ4n) is 2.95. The minimum atomic E-state index is -3.06. The third-order valence-corrected chi connectivity index (χ3v) is 6.77. The highest BCUT2D eigenvalue weighted by Crippen LogP contribution is 2.26. The SMILES string of the molecule is O=C(CN(Cc1ccco1)[C@@H]1CCS(=O)(=O)C1)Nc1ccc(Br)cc1Cl. The van der Waals surface area contributed by atoms with E-state index in [4.69, 9.17) is 16.0 Å². The molecule has 0 unspecified atom stereocenters. The van der Waals surface area contributed by atoms with Gasteiger partial charge in [0.1, 0.15) is 5.76 Å². The van der Waals surface area contributed by atoms with E-state index in [0.717, 1.165) is 4.47 Å². The smallest absolute Gasteiger partial charge is 0.238 e. The second kappa shape index (κ2) is 8.12. The maximum Gasteiger partial charge on any atom is 0.238 e. The van der Waals surface area contributed by atoms with Gasteiger partial charge in [-0.1, -0.05) is 27.5 Å². The molecule has 0 spiro atoms. The summed E-state index contributed by atoms with van der Waals surface area (Å²) in [6, 6.07) is 8.55. The van der Waals surface area contributed by atoms with Crippen molar-refractivity contribution in [2.45, 2.75) is 19.0 Å². The van der Waals surface area contributed by atoms with E-state index in [1.54, 1.807) is 36.6 Å². The monoisotopic (exact) mass is 460 g/mol. The van der Waals surface area contributed by atoms with Crippen LogP contribution in [-0.2, 0) is 21.2 Å². The van der Waals surface area contributed by atoms with Gasteiger partial charge in [-0.25, -0.2) is 8.42 Å². The van der Waals surface area contributed by atoms with Gasteiger partial charge < -0.3 is 9.73 Å². The van der Waals surface area contributed by atoms with Gasteiger partial charge in [-0.3, -0.25) is 9.69 Å². The molecule has 26 heavy (non-hydrogen) atoms. The molecule has 0 aliphatic carbocycles. The third kappa shape index (κ3) is 5.09. The first-order valence-electron chi connectivity index (χ1n) is 8.04. The standard InChI is InChI=1S/C17H18BrClN2O4S/c18-12-3-4-16(15(19)8-12)20-17(22)10-21(9-14-2-1-6-25-14)13-5-7-26(23,24)11-13/h1-4,6,8,13H,5,7,9-11H2,(H,20,22)/t13-/m1/s1. The number of rotatable bonds is 6. The Balaban J connectivity index is 1.71. The molecule has 1 saturated heterocycles. The van der Waals surface area contributed by atoms with Gasteiger partial charge in [-0.2, -0.15) is 0 Å². The average molecular weight is 462 g/mol. The average Bonchev–Trinajstić information content (AvgIpc) is 3.19. The number of nitrogens with one attached hydrogen (secondary N) is 1. The summed E-state index contributed by atoms with van der Waals surface area (Å²) in [6.45, 7) is 0.419. The summed E-state index contributed by atoms with van der Waals surface area (Å²) in [5.74, 6) is 0.626. The van der Waals surface area contributed by atoms with Crippen LogP contribution < -0.4 is 5.32 Å². The molecule has 6 nitrogen and oxygen atoms in total. The van der Waals surface area contributed by atoms with Crippen molar-refractivity contribution in [3.8, 4) is 0 Å². The van der Waals surface area contributed by atoms with Crippen molar-refractivity contribution < 1.29 is 17.6 Å². The fourth-order valence-corrected chi connectivity index (χ4v) is 5.43. The van der Waals surface area contributed by atoms with Gasteiger partial charge in [0.05, 0.1) is 41.6 Å². The molecule has 9 heteroatoms. The van der Waals surface area contributed by atoms with E-state index in [2.05, 4.69) is 21.2 Å². The lowest BCUT2D eigenvalue weighted by Gasteiger charge is -2.26. The zero-order valence-electron chi connectivity index (χ0n) is 13.8. The lowest BCUT2D eigenvalue weighted by Crippen LogP contribution is -2.41. The second-order valence-electron chi connectivity index (χ2n) is 6.21. The summed E-state index contributed by atoms with van der Waals surface area (Å²) >= 11 is 9.46. The Morgan fingerprint density at radius 1 is 1.38 bits per heavy atom. The number of hydrogen-bond acceptors (Lipinski definition) is 5. The number of halogens is 2. The first kappa shape index (κ1) is 19.4. The summed E-state index contributed by atoms with van der Waals surface area (Å²) in [6.07, 6.45) is 2.07. The van der Waals surface area contributed by atoms with Crippen LogP contribution in [0.4, 0.5) is 5.69 Å². The van der Waals surface area contributed by atoms with E-state index >= 15 is 0 Å². The van der Waals surface area contributed by atoms with Gasteiger partial charge in [0, 0.05) is 10.5 Å². The van der Waals surface area contributed by atoms with Gasteiger partial charge in [0.25, 0.3) is 0 Å². The molecule has 1 N–H and O–H groups in total. The second-order valence-corrected chi connectivity index (χ2v) is 9.77. The van der Waals surface area contributed by atoms with Crippen molar-refractivity contribution in [3.05, 3.63) is 51.9 Å². The normalized spacial score (nSPS) is 19.0. The first-order valence-corrected chi connectivity index (χ1v) is 11.0. The molecule has 3 rings (SSSR count). The van der Waals surface area contributed by atoms with Crippen molar-refractivity contribution in [2.24, 2.45) is 0 Å². The molecular weight excluding hydrogens is 444 g/mol. The Bertz CT molecular complexity index is 886. The van der Waals surface area contributed by atoms with E-state index in [0.29, 0.717) is 29.4 Å². The number of nitrogens with zero attached hydrogens (tertiary/aromatic N) is 1. The van der Waals surface area contributed by atoms with Crippen LogP contribution in [0.1, 0.15) is 12.2 Å². The van der Waals surface area contributed by atoms with Crippen LogP contribution in [0.25, 0.3) is 0 Å². The molecule has 1 aromatic carbocycles. The minimum Gasteiger partial charge on any atom is -0.468 e. The van der Waals surface area contributed by atoms with Crippen LogP contribution in [-0.4, -0.2) is 43.3 Å². The van der Waals surface area contributed by atoms with Crippen LogP contribution in [0.2, 0.25) is 5.02 Å². The number of benzene rings is 1.